The monoisotopic (exact) mass is 364 g/mol. The molecule has 1 saturated heterocycles. The number of amides is 2. The van der Waals surface area contributed by atoms with Crippen molar-refractivity contribution in [2.24, 2.45) is 0 Å². The Morgan fingerprint density at radius 1 is 1.04 bits per heavy atom. The Balaban J connectivity index is 1.39. The Morgan fingerprint density at radius 3 is 2.59 bits per heavy atom. The van der Waals surface area contributed by atoms with E-state index in [9.17, 15) is 9.59 Å². The molecule has 0 radical (unpaired) electrons. The van der Waals surface area contributed by atoms with Crippen molar-refractivity contribution in [2.75, 3.05) is 19.7 Å². The maximum Gasteiger partial charge on any atom is 0.254 e. The summed E-state index contributed by atoms with van der Waals surface area (Å²) in [5.41, 5.74) is 2.45. The predicted octanol–water partition coefficient (Wildman–Crippen LogP) is 2.66. The smallest absolute Gasteiger partial charge is 0.254 e. The van der Waals surface area contributed by atoms with E-state index in [0.29, 0.717) is 43.3 Å². The molecule has 0 aromatic heterocycles. The molecule has 1 aliphatic heterocycles. The molecule has 1 N–H and O–H groups in total. The number of carbonyl (C=O) groups excluding carboxylic acids is 2. The van der Waals surface area contributed by atoms with Crippen LogP contribution in [0.1, 0.15) is 39.1 Å². The van der Waals surface area contributed by atoms with Crippen molar-refractivity contribution < 1.29 is 14.3 Å². The number of hydrogen-bond donors (Lipinski definition) is 1. The molecule has 0 bridgehead atoms. The largest absolute Gasteiger partial charge is 0.374 e. The first-order valence-electron chi connectivity index (χ1n) is 9.55. The van der Waals surface area contributed by atoms with Gasteiger partial charge in [-0.25, -0.2) is 0 Å². The molecule has 5 heteroatoms. The second-order valence-electron chi connectivity index (χ2n) is 7.26. The third-order valence-electron chi connectivity index (χ3n) is 5.01. The molecule has 2 fully saturated rings. The Hall–Kier alpha value is -2.66. The lowest BCUT2D eigenvalue weighted by atomic mass is 10.0. The summed E-state index contributed by atoms with van der Waals surface area (Å²) in [6.07, 6.45) is 2.77. The van der Waals surface area contributed by atoms with E-state index in [1.807, 2.05) is 59.5 Å². The molecule has 5 nitrogen and oxygen atoms in total. The van der Waals surface area contributed by atoms with E-state index in [2.05, 4.69) is 5.32 Å². The molecule has 2 amide bonds. The van der Waals surface area contributed by atoms with Crippen LogP contribution in [0.5, 0.6) is 0 Å². The van der Waals surface area contributed by atoms with E-state index in [-0.39, 0.29) is 17.9 Å². The maximum atomic E-state index is 12.7. The minimum atomic E-state index is -0.0619. The van der Waals surface area contributed by atoms with Crippen LogP contribution >= 0.6 is 0 Å². The highest BCUT2D eigenvalue weighted by molar-refractivity contribution is 5.95. The summed E-state index contributed by atoms with van der Waals surface area (Å²) in [6, 6.07) is 17.4. The summed E-state index contributed by atoms with van der Waals surface area (Å²) < 4.78 is 5.88. The number of carbonyl (C=O) groups is 2. The molecule has 1 heterocycles. The average molecular weight is 364 g/mol. The van der Waals surface area contributed by atoms with Crippen LogP contribution in [-0.4, -0.2) is 48.6 Å². The highest BCUT2D eigenvalue weighted by Crippen LogP contribution is 2.20. The van der Waals surface area contributed by atoms with Crippen LogP contribution in [0, 0.1) is 0 Å². The molecule has 4 rings (SSSR count). The lowest BCUT2D eigenvalue weighted by Gasteiger charge is -2.33. The summed E-state index contributed by atoms with van der Waals surface area (Å²) in [5.74, 6) is 0.0336. The molecule has 2 aromatic carbocycles. The highest BCUT2D eigenvalue weighted by atomic mass is 16.5. The van der Waals surface area contributed by atoms with Gasteiger partial charge in [-0.15, -0.1) is 0 Å². The van der Waals surface area contributed by atoms with Crippen molar-refractivity contribution in [1.82, 2.24) is 10.2 Å². The van der Waals surface area contributed by atoms with Crippen molar-refractivity contribution in [2.45, 2.75) is 31.4 Å². The first-order valence-corrected chi connectivity index (χ1v) is 9.55. The zero-order chi connectivity index (χ0) is 18.6. The fraction of sp³-hybridized carbons (Fsp3) is 0.364. The van der Waals surface area contributed by atoms with Gasteiger partial charge in [-0.1, -0.05) is 30.3 Å². The summed E-state index contributed by atoms with van der Waals surface area (Å²) in [6.45, 7) is 1.70. The van der Waals surface area contributed by atoms with Gasteiger partial charge in [0, 0.05) is 36.7 Å². The zero-order valence-corrected chi connectivity index (χ0v) is 15.3. The predicted molar refractivity (Wildman–Crippen MR) is 103 cm³/mol. The number of morpholine rings is 1. The summed E-state index contributed by atoms with van der Waals surface area (Å²) in [7, 11) is 0. The second-order valence-corrected chi connectivity index (χ2v) is 7.26. The molecule has 27 heavy (non-hydrogen) atoms. The van der Waals surface area contributed by atoms with Gasteiger partial charge in [-0.05, 0) is 42.7 Å². The van der Waals surface area contributed by atoms with E-state index in [1.165, 1.54) is 0 Å². The quantitative estimate of drug-likeness (QED) is 0.887. The highest BCUT2D eigenvalue weighted by Gasteiger charge is 2.26. The fourth-order valence-corrected chi connectivity index (χ4v) is 3.39. The number of ether oxygens (including phenoxy) is 1. The molecule has 140 valence electrons. The maximum absolute atomic E-state index is 12.7. The standard InChI is InChI=1S/C22H24N2O3/c25-21(23-19-9-10-19)18-8-4-5-16(13-18)14-20-15-24(11-12-27-20)22(26)17-6-2-1-3-7-17/h1-8,13,19-20H,9-12,14-15H2,(H,23,25). The molecular formula is C22H24N2O3. The molecule has 1 atom stereocenters. The molecule has 1 unspecified atom stereocenters. The van der Waals surface area contributed by atoms with E-state index < -0.39 is 0 Å². The molecule has 2 aliphatic rings. The van der Waals surface area contributed by atoms with Gasteiger partial charge in [0.25, 0.3) is 11.8 Å². The summed E-state index contributed by atoms with van der Waals surface area (Å²) >= 11 is 0. The Bertz CT molecular complexity index is 817. The lowest BCUT2D eigenvalue weighted by molar-refractivity contribution is -0.0208. The van der Waals surface area contributed by atoms with Crippen molar-refractivity contribution >= 4 is 11.8 Å². The first-order chi connectivity index (χ1) is 13.2. The van der Waals surface area contributed by atoms with Gasteiger partial charge in [-0.3, -0.25) is 9.59 Å². The van der Waals surface area contributed by atoms with Crippen molar-refractivity contribution in [3.05, 3.63) is 71.3 Å². The Labute approximate surface area is 159 Å². The lowest BCUT2D eigenvalue weighted by Crippen LogP contribution is -2.46. The van der Waals surface area contributed by atoms with Crippen LogP contribution in [0.25, 0.3) is 0 Å². The van der Waals surface area contributed by atoms with E-state index >= 15 is 0 Å². The molecular weight excluding hydrogens is 340 g/mol. The Kier molecular flexibility index (Phi) is 5.21. The number of benzene rings is 2. The van der Waals surface area contributed by atoms with Gasteiger partial charge < -0.3 is 15.0 Å². The third kappa shape index (κ3) is 4.55. The van der Waals surface area contributed by atoms with Crippen LogP contribution in [0.2, 0.25) is 0 Å². The molecule has 0 spiro atoms. The van der Waals surface area contributed by atoms with Gasteiger partial charge in [-0.2, -0.15) is 0 Å². The van der Waals surface area contributed by atoms with Crippen LogP contribution < -0.4 is 5.32 Å². The topological polar surface area (TPSA) is 58.6 Å². The van der Waals surface area contributed by atoms with Gasteiger partial charge in [0.05, 0.1) is 12.7 Å². The summed E-state index contributed by atoms with van der Waals surface area (Å²) in [4.78, 5) is 26.8. The van der Waals surface area contributed by atoms with Crippen molar-refractivity contribution in [3.63, 3.8) is 0 Å². The number of nitrogens with zero attached hydrogens (tertiary/aromatic N) is 1. The minimum Gasteiger partial charge on any atom is -0.374 e. The van der Waals surface area contributed by atoms with Gasteiger partial charge in [0.1, 0.15) is 0 Å². The minimum absolute atomic E-state index is 0.00945. The molecule has 2 aromatic rings. The zero-order valence-electron chi connectivity index (χ0n) is 15.3. The van der Waals surface area contributed by atoms with E-state index in [4.69, 9.17) is 4.74 Å². The van der Waals surface area contributed by atoms with E-state index in [1.54, 1.807) is 0 Å². The van der Waals surface area contributed by atoms with Gasteiger partial charge >= 0.3 is 0 Å². The Morgan fingerprint density at radius 2 is 1.81 bits per heavy atom. The van der Waals surface area contributed by atoms with Crippen LogP contribution in [0.15, 0.2) is 54.6 Å². The van der Waals surface area contributed by atoms with Crippen LogP contribution in [0.3, 0.4) is 0 Å². The van der Waals surface area contributed by atoms with Crippen molar-refractivity contribution in [3.8, 4) is 0 Å². The second kappa shape index (κ2) is 7.92. The number of rotatable bonds is 5. The first kappa shape index (κ1) is 17.7. The normalized spacial score (nSPS) is 19.6. The third-order valence-corrected chi connectivity index (χ3v) is 5.01. The van der Waals surface area contributed by atoms with Gasteiger partial charge in [0.2, 0.25) is 0 Å². The number of hydrogen-bond acceptors (Lipinski definition) is 3. The SMILES string of the molecule is O=C(NC1CC1)c1cccc(CC2CN(C(=O)c3ccccc3)CCO2)c1. The fourth-order valence-electron chi connectivity index (χ4n) is 3.39. The summed E-state index contributed by atoms with van der Waals surface area (Å²) in [5, 5.41) is 3.02. The molecule has 1 saturated carbocycles. The van der Waals surface area contributed by atoms with Gasteiger partial charge in [0.15, 0.2) is 0 Å². The van der Waals surface area contributed by atoms with Crippen LogP contribution in [0.4, 0.5) is 0 Å². The van der Waals surface area contributed by atoms with E-state index in [0.717, 1.165) is 18.4 Å². The molecule has 1 aliphatic carbocycles. The van der Waals surface area contributed by atoms with Crippen molar-refractivity contribution in [1.29, 1.82) is 0 Å². The number of nitrogens with one attached hydrogen (secondary N) is 1. The van der Waals surface area contributed by atoms with Crippen LogP contribution in [-0.2, 0) is 11.2 Å². The average Bonchev–Trinajstić information content (AvgIpc) is 3.52.